The van der Waals surface area contributed by atoms with Gasteiger partial charge in [-0.05, 0) is 49.2 Å². The minimum atomic E-state index is -0.0442. The van der Waals surface area contributed by atoms with E-state index in [4.69, 9.17) is 4.42 Å². The van der Waals surface area contributed by atoms with Crippen molar-refractivity contribution in [2.75, 3.05) is 46.3 Å². The Labute approximate surface area is 184 Å². The number of carbonyl (C=O) groups excluding carboxylic acids is 1. The number of piperidine rings is 1. The van der Waals surface area contributed by atoms with Crippen LogP contribution in [0.15, 0.2) is 52.1 Å². The number of benzene rings is 1. The largest absolute Gasteiger partial charge is 0.459 e. The highest BCUT2D eigenvalue weighted by Crippen LogP contribution is 2.14. The smallest absolute Gasteiger partial charge is 0.289 e. The van der Waals surface area contributed by atoms with Crippen molar-refractivity contribution >= 4 is 11.9 Å². The van der Waals surface area contributed by atoms with Gasteiger partial charge >= 0.3 is 0 Å². The summed E-state index contributed by atoms with van der Waals surface area (Å²) >= 11 is 0. The lowest BCUT2D eigenvalue weighted by molar-refractivity contribution is 0.0657. The van der Waals surface area contributed by atoms with Gasteiger partial charge in [0.25, 0.3) is 5.91 Å². The molecule has 4 rings (SSSR count). The highest BCUT2D eigenvalue weighted by atomic mass is 16.3. The van der Waals surface area contributed by atoms with Crippen LogP contribution in [0, 0.1) is 0 Å². The van der Waals surface area contributed by atoms with Crippen molar-refractivity contribution in [3.05, 3.63) is 59.5 Å². The van der Waals surface area contributed by atoms with Gasteiger partial charge in [0.1, 0.15) is 0 Å². The minimum Gasteiger partial charge on any atom is -0.459 e. The predicted octanol–water partition coefficient (Wildman–Crippen LogP) is 2.80. The van der Waals surface area contributed by atoms with Crippen LogP contribution in [0.1, 0.15) is 40.9 Å². The Bertz CT molecular complexity index is 849. The third kappa shape index (κ3) is 5.67. The number of guanidine groups is 1. The van der Waals surface area contributed by atoms with E-state index in [1.807, 2.05) is 11.9 Å². The van der Waals surface area contributed by atoms with Gasteiger partial charge in [0.15, 0.2) is 11.7 Å². The summed E-state index contributed by atoms with van der Waals surface area (Å²) in [5.41, 5.74) is 2.63. The van der Waals surface area contributed by atoms with E-state index in [1.54, 1.807) is 12.1 Å². The van der Waals surface area contributed by atoms with Gasteiger partial charge < -0.3 is 19.5 Å². The Hall–Kier alpha value is -2.80. The van der Waals surface area contributed by atoms with E-state index in [0.717, 1.165) is 32.1 Å². The molecule has 3 heterocycles. The van der Waals surface area contributed by atoms with Gasteiger partial charge in [-0.25, -0.2) is 0 Å². The molecule has 7 nitrogen and oxygen atoms in total. The van der Waals surface area contributed by atoms with E-state index in [9.17, 15) is 4.79 Å². The Morgan fingerprint density at radius 3 is 2.26 bits per heavy atom. The van der Waals surface area contributed by atoms with Crippen molar-refractivity contribution < 1.29 is 9.21 Å². The standard InChI is InChI=1S/C24H33N5O2/c1-25-24(29-15-13-28(14-16-29)23(30)22-6-5-17-31-22)26-18-20-7-9-21(10-8-20)19-27-11-3-2-4-12-27/h5-10,17H,2-4,11-16,18-19H2,1H3,(H,25,26). The highest BCUT2D eigenvalue weighted by Gasteiger charge is 2.25. The zero-order valence-electron chi connectivity index (χ0n) is 18.4. The fraction of sp³-hybridized carbons (Fsp3) is 0.500. The maximum Gasteiger partial charge on any atom is 0.289 e. The molecule has 1 N–H and O–H groups in total. The third-order valence-electron chi connectivity index (χ3n) is 6.14. The maximum atomic E-state index is 12.4. The molecule has 1 aromatic carbocycles. The summed E-state index contributed by atoms with van der Waals surface area (Å²) < 4.78 is 5.24. The van der Waals surface area contributed by atoms with E-state index >= 15 is 0 Å². The molecule has 0 unspecified atom stereocenters. The summed E-state index contributed by atoms with van der Waals surface area (Å²) in [7, 11) is 1.81. The Kier molecular flexibility index (Phi) is 7.25. The summed E-state index contributed by atoms with van der Waals surface area (Å²) in [6, 6.07) is 12.4. The summed E-state index contributed by atoms with van der Waals surface area (Å²) in [6.07, 6.45) is 5.56. The van der Waals surface area contributed by atoms with E-state index in [2.05, 4.69) is 44.4 Å². The van der Waals surface area contributed by atoms with Gasteiger partial charge in [-0.15, -0.1) is 0 Å². The summed E-state index contributed by atoms with van der Waals surface area (Å²) in [4.78, 5) is 23.5. The summed E-state index contributed by atoms with van der Waals surface area (Å²) in [5.74, 6) is 1.24. The van der Waals surface area contributed by atoms with Crippen molar-refractivity contribution in [1.82, 2.24) is 20.0 Å². The molecule has 1 aromatic heterocycles. The van der Waals surface area contributed by atoms with Gasteiger partial charge in [-0.1, -0.05) is 30.7 Å². The zero-order chi connectivity index (χ0) is 21.5. The van der Waals surface area contributed by atoms with Crippen LogP contribution in [0.25, 0.3) is 0 Å². The molecule has 2 aromatic rings. The summed E-state index contributed by atoms with van der Waals surface area (Å²) in [5, 5.41) is 3.47. The summed E-state index contributed by atoms with van der Waals surface area (Å²) in [6.45, 7) is 7.05. The first-order valence-electron chi connectivity index (χ1n) is 11.3. The molecule has 7 heteroatoms. The lowest BCUT2D eigenvalue weighted by Gasteiger charge is -2.36. The van der Waals surface area contributed by atoms with Crippen LogP contribution in [-0.4, -0.2) is 72.9 Å². The van der Waals surface area contributed by atoms with E-state index in [1.165, 1.54) is 49.7 Å². The second-order valence-electron chi connectivity index (χ2n) is 8.31. The van der Waals surface area contributed by atoms with Crippen LogP contribution in [0.3, 0.4) is 0 Å². The molecule has 0 saturated carbocycles. The van der Waals surface area contributed by atoms with Crippen molar-refractivity contribution in [1.29, 1.82) is 0 Å². The molecule has 0 spiro atoms. The van der Waals surface area contributed by atoms with Crippen LogP contribution in [0.5, 0.6) is 0 Å². The Balaban J connectivity index is 1.24. The topological polar surface area (TPSA) is 64.3 Å². The van der Waals surface area contributed by atoms with E-state index in [-0.39, 0.29) is 5.91 Å². The molecule has 31 heavy (non-hydrogen) atoms. The molecular weight excluding hydrogens is 390 g/mol. The van der Waals surface area contributed by atoms with Crippen molar-refractivity contribution in [3.63, 3.8) is 0 Å². The fourth-order valence-electron chi connectivity index (χ4n) is 4.33. The second-order valence-corrected chi connectivity index (χ2v) is 8.31. The fourth-order valence-corrected chi connectivity index (χ4v) is 4.33. The average Bonchev–Trinajstić information content (AvgIpc) is 3.36. The normalized spacial score (nSPS) is 18.3. The number of piperazine rings is 1. The third-order valence-corrected chi connectivity index (χ3v) is 6.14. The number of aliphatic imine (C=N–C) groups is 1. The molecule has 1 amide bonds. The van der Waals surface area contributed by atoms with Gasteiger partial charge in [-0.2, -0.15) is 0 Å². The number of nitrogens with one attached hydrogen (secondary N) is 1. The van der Waals surface area contributed by atoms with Crippen LogP contribution in [0.2, 0.25) is 0 Å². The van der Waals surface area contributed by atoms with Gasteiger partial charge in [0.2, 0.25) is 0 Å². The first-order chi connectivity index (χ1) is 15.2. The van der Waals surface area contributed by atoms with E-state index < -0.39 is 0 Å². The van der Waals surface area contributed by atoms with Crippen molar-refractivity contribution in [3.8, 4) is 0 Å². The van der Waals surface area contributed by atoms with Gasteiger partial charge in [0.05, 0.1) is 6.26 Å². The number of carbonyl (C=O) groups is 1. The van der Waals surface area contributed by atoms with Crippen LogP contribution in [0.4, 0.5) is 0 Å². The van der Waals surface area contributed by atoms with Crippen LogP contribution in [-0.2, 0) is 13.1 Å². The van der Waals surface area contributed by atoms with Crippen molar-refractivity contribution in [2.45, 2.75) is 32.4 Å². The number of hydrogen-bond donors (Lipinski definition) is 1. The van der Waals surface area contributed by atoms with Gasteiger partial charge in [0, 0.05) is 46.3 Å². The molecule has 166 valence electrons. The molecule has 0 aliphatic carbocycles. The number of furan rings is 1. The predicted molar refractivity (Wildman–Crippen MR) is 122 cm³/mol. The number of rotatable bonds is 5. The first-order valence-corrected chi connectivity index (χ1v) is 11.3. The van der Waals surface area contributed by atoms with Crippen molar-refractivity contribution in [2.24, 2.45) is 4.99 Å². The van der Waals surface area contributed by atoms with Gasteiger partial charge in [-0.3, -0.25) is 14.7 Å². The monoisotopic (exact) mass is 423 g/mol. The first kappa shape index (κ1) is 21.4. The molecule has 2 fully saturated rings. The molecule has 0 bridgehead atoms. The molecule has 2 aliphatic rings. The Morgan fingerprint density at radius 2 is 1.61 bits per heavy atom. The van der Waals surface area contributed by atoms with Crippen LogP contribution >= 0.6 is 0 Å². The Morgan fingerprint density at radius 1 is 0.935 bits per heavy atom. The zero-order valence-corrected chi connectivity index (χ0v) is 18.4. The minimum absolute atomic E-state index is 0.0442. The maximum absolute atomic E-state index is 12.4. The molecule has 2 aliphatic heterocycles. The molecule has 2 saturated heterocycles. The average molecular weight is 424 g/mol. The molecular formula is C24H33N5O2. The molecule has 0 radical (unpaired) electrons. The second kappa shape index (κ2) is 10.5. The SMILES string of the molecule is CN=C(NCc1ccc(CN2CCCCC2)cc1)N1CCN(C(=O)c2ccco2)CC1. The number of likely N-dealkylation sites (tertiary alicyclic amines) is 1. The molecule has 0 atom stereocenters. The lowest BCUT2D eigenvalue weighted by atomic mass is 10.1. The highest BCUT2D eigenvalue weighted by molar-refractivity contribution is 5.91. The quantitative estimate of drug-likeness (QED) is 0.592. The van der Waals surface area contributed by atoms with E-state index in [0.29, 0.717) is 18.8 Å². The van der Waals surface area contributed by atoms with Crippen LogP contribution < -0.4 is 5.32 Å². The number of amides is 1. The lowest BCUT2D eigenvalue weighted by Crippen LogP contribution is -2.53. The number of nitrogens with zero attached hydrogens (tertiary/aromatic N) is 4. The number of hydrogen-bond acceptors (Lipinski definition) is 4.